The van der Waals surface area contributed by atoms with Crippen molar-refractivity contribution in [3.8, 4) is 0 Å². The largest absolute Gasteiger partial charge is 0.353 e. The molecule has 1 aromatic heterocycles. The van der Waals surface area contributed by atoms with Crippen LogP contribution in [0.3, 0.4) is 0 Å². The molecule has 0 spiro atoms. The molecule has 4 rings (SSSR count). The van der Waals surface area contributed by atoms with Gasteiger partial charge in [-0.2, -0.15) is 0 Å². The van der Waals surface area contributed by atoms with Gasteiger partial charge in [-0.15, -0.1) is 0 Å². The maximum Gasteiger partial charge on any atom is 0.262 e. The minimum Gasteiger partial charge on any atom is -0.353 e. The average Bonchev–Trinajstić information content (AvgIpc) is 3.25. The van der Waals surface area contributed by atoms with E-state index in [-0.39, 0.29) is 29.3 Å². The smallest absolute Gasteiger partial charge is 0.262 e. The zero-order chi connectivity index (χ0) is 20.2. The summed E-state index contributed by atoms with van der Waals surface area (Å²) in [5, 5.41) is 4.27. The van der Waals surface area contributed by atoms with E-state index in [1.165, 1.54) is 24.6 Å². The Balaban J connectivity index is 1.65. The van der Waals surface area contributed by atoms with Gasteiger partial charge in [-0.1, -0.05) is 67.1 Å². The Labute approximate surface area is 174 Å². The van der Waals surface area contributed by atoms with Crippen LogP contribution in [0.5, 0.6) is 0 Å². The van der Waals surface area contributed by atoms with Gasteiger partial charge >= 0.3 is 0 Å². The molecule has 1 heterocycles. The van der Waals surface area contributed by atoms with Gasteiger partial charge < -0.3 is 5.32 Å². The molecule has 1 saturated carbocycles. The number of hydrogen-bond acceptors (Lipinski definition) is 4. The minimum atomic E-state index is -0.179. The van der Waals surface area contributed by atoms with Gasteiger partial charge in [-0.05, 0) is 37.5 Å². The summed E-state index contributed by atoms with van der Waals surface area (Å²) in [6.45, 7) is 2.00. The SMILES string of the molecule is C[C@@H](c1ccccc1)n1c(SCC(=O)NC2CCCC2)nc2ccccc2c1=O. The first-order valence-electron chi connectivity index (χ1n) is 10.1. The molecule has 3 aromatic rings. The van der Waals surface area contributed by atoms with Crippen molar-refractivity contribution in [1.29, 1.82) is 0 Å². The number of carbonyl (C=O) groups excluding carboxylic acids is 1. The van der Waals surface area contributed by atoms with Crippen molar-refractivity contribution < 1.29 is 4.79 Å². The van der Waals surface area contributed by atoms with Crippen molar-refractivity contribution in [2.75, 3.05) is 5.75 Å². The number of carbonyl (C=O) groups is 1. The van der Waals surface area contributed by atoms with Crippen molar-refractivity contribution in [2.45, 2.75) is 49.8 Å². The number of aromatic nitrogens is 2. The maximum absolute atomic E-state index is 13.3. The first kappa shape index (κ1) is 19.7. The lowest BCUT2D eigenvalue weighted by Crippen LogP contribution is -2.34. The lowest BCUT2D eigenvalue weighted by atomic mass is 10.1. The van der Waals surface area contributed by atoms with E-state index in [1.807, 2.05) is 55.5 Å². The number of para-hydroxylation sites is 1. The van der Waals surface area contributed by atoms with Gasteiger partial charge in [0.15, 0.2) is 5.16 Å². The molecule has 1 N–H and O–H groups in total. The fraction of sp³-hybridized carbons (Fsp3) is 0.348. The monoisotopic (exact) mass is 407 g/mol. The summed E-state index contributed by atoms with van der Waals surface area (Å²) in [6.07, 6.45) is 4.47. The molecule has 0 saturated heterocycles. The van der Waals surface area contributed by atoms with Crippen molar-refractivity contribution >= 4 is 28.6 Å². The first-order chi connectivity index (χ1) is 14.1. The van der Waals surface area contributed by atoms with Crippen LogP contribution in [0.25, 0.3) is 10.9 Å². The van der Waals surface area contributed by atoms with Crippen molar-refractivity contribution in [2.24, 2.45) is 0 Å². The Hall–Kier alpha value is -2.60. The number of amides is 1. The molecule has 1 aliphatic rings. The molecular weight excluding hydrogens is 382 g/mol. The van der Waals surface area contributed by atoms with E-state index in [9.17, 15) is 9.59 Å². The Bertz CT molecular complexity index is 1060. The Morgan fingerprint density at radius 1 is 1.14 bits per heavy atom. The fourth-order valence-corrected chi connectivity index (χ4v) is 4.81. The highest BCUT2D eigenvalue weighted by molar-refractivity contribution is 7.99. The van der Waals surface area contributed by atoms with Crippen molar-refractivity contribution in [1.82, 2.24) is 14.9 Å². The number of benzene rings is 2. The van der Waals surface area contributed by atoms with Crippen molar-refractivity contribution in [3.05, 3.63) is 70.5 Å². The number of hydrogen-bond donors (Lipinski definition) is 1. The second kappa shape index (κ2) is 8.82. The highest BCUT2D eigenvalue weighted by Gasteiger charge is 2.20. The minimum absolute atomic E-state index is 0.00298. The van der Waals surface area contributed by atoms with Crippen LogP contribution in [0.4, 0.5) is 0 Å². The molecule has 29 heavy (non-hydrogen) atoms. The zero-order valence-corrected chi connectivity index (χ0v) is 17.3. The van der Waals surface area contributed by atoms with Crippen LogP contribution in [0, 0.1) is 0 Å². The van der Waals surface area contributed by atoms with Gasteiger partial charge in [0.05, 0.1) is 22.7 Å². The van der Waals surface area contributed by atoms with Gasteiger partial charge in [0.25, 0.3) is 5.56 Å². The van der Waals surface area contributed by atoms with E-state index in [1.54, 1.807) is 10.6 Å². The van der Waals surface area contributed by atoms with Gasteiger partial charge in [-0.25, -0.2) is 4.98 Å². The van der Waals surface area contributed by atoms with Crippen LogP contribution >= 0.6 is 11.8 Å². The highest BCUT2D eigenvalue weighted by atomic mass is 32.2. The second-order valence-corrected chi connectivity index (χ2v) is 8.45. The molecule has 5 nitrogen and oxygen atoms in total. The third-order valence-corrected chi connectivity index (χ3v) is 6.45. The topological polar surface area (TPSA) is 64.0 Å². The molecule has 1 amide bonds. The maximum atomic E-state index is 13.3. The van der Waals surface area contributed by atoms with Crippen LogP contribution in [0.15, 0.2) is 64.5 Å². The highest BCUT2D eigenvalue weighted by Crippen LogP contribution is 2.25. The van der Waals surface area contributed by atoms with Gasteiger partial charge in [0.1, 0.15) is 0 Å². The molecule has 150 valence electrons. The zero-order valence-electron chi connectivity index (χ0n) is 16.5. The normalized spacial score (nSPS) is 15.5. The Morgan fingerprint density at radius 3 is 2.59 bits per heavy atom. The van der Waals surface area contributed by atoms with Gasteiger partial charge in [0, 0.05) is 6.04 Å². The van der Waals surface area contributed by atoms with Crippen LogP contribution in [-0.2, 0) is 4.79 Å². The summed E-state index contributed by atoms with van der Waals surface area (Å²) in [5.74, 6) is 0.256. The van der Waals surface area contributed by atoms with E-state index in [2.05, 4.69) is 5.32 Å². The van der Waals surface area contributed by atoms with E-state index in [0.717, 1.165) is 18.4 Å². The number of nitrogens with one attached hydrogen (secondary N) is 1. The Kier molecular flexibility index (Phi) is 6.00. The third kappa shape index (κ3) is 4.37. The summed E-state index contributed by atoms with van der Waals surface area (Å²) in [4.78, 5) is 30.5. The molecule has 0 aliphatic heterocycles. The lowest BCUT2D eigenvalue weighted by Gasteiger charge is -2.20. The molecule has 2 aromatic carbocycles. The van der Waals surface area contributed by atoms with E-state index >= 15 is 0 Å². The first-order valence-corrected chi connectivity index (χ1v) is 11.1. The molecule has 1 aliphatic carbocycles. The number of nitrogens with zero attached hydrogens (tertiary/aromatic N) is 2. The number of fused-ring (bicyclic) bond motifs is 1. The number of rotatable bonds is 6. The predicted octanol–water partition coefficient (Wildman–Crippen LogP) is 4.16. The summed E-state index contributed by atoms with van der Waals surface area (Å²) in [7, 11) is 0. The summed E-state index contributed by atoms with van der Waals surface area (Å²) in [6, 6.07) is 17.4. The molecule has 1 fully saturated rings. The van der Waals surface area contributed by atoms with Crippen LogP contribution in [-0.4, -0.2) is 27.3 Å². The van der Waals surface area contributed by atoms with Crippen LogP contribution in [0.2, 0.25) is 0 Å². The van der Waals surface area contributed by atoms with Gasteiger partial charge in [-0.3, -0.25) is 14.2 Å². The van der Waals surface area contributed by atoms with Crippen molar-refractivity contribution in [3.63, 3.8) is 0 Å². The van der Waals surface area contributed by atoms with E-state index in [4.69, 9.17) is 4.98 Å². The standard InChI is InChI=1S/C23H25N3O2S/c1-16(17-9-3-2-4-10-17)26-22(28)19-13-7-8-14-20(19)25-23(26)29-15-21(27)24-18-11-5-6-12-18/h2-4,7-10,13-14,16,18H,5-6,11-12,15H2,1H3,(H,24,27)/t16-/m0/s1. The third-order valence-electron chi connectivity index (χ3n) is 5.50. The lowest BCUT2D eigenvalue weighted by molar-refractivity contribution is -0.119. The van der Waals surface area contributed by atoms with Gasteiger partial charge in [0.2, 0.25) is 5.91 Å². The summed E-state index contributed by atoms with van der Waals surface area (Å²) < 4.78 is 1.71. The average molecular weight is 408 g/mol. The quantitative estimate of drug-likeness (QED) is 0.492. The molecule has 1 atom stereocenters. The predicted molar refractivity (Wildman–Crippen MR) is 117 cm³/mol. The van der Waals surface area contributed by atoms with E-state index in [0.29, 0.717) is 16.1 Å². The summed E-state index contributed by atoms with van der Waals surface area (Å²) >= 11 is 1.33. The molecule has 6 heteroatoms. The second-order valence-electron chi connectivity index (χ2n) is 7.51. The molecule has 0 bridgehead atoms. The number of thioether (sulfide) groups is 1. The fourth-order valence-electron chi connectivity index (χ4n) is 3.92. The molecule has 0 radical (unpaired) electrons. The molecular formula is C23H25N3O2S. The van der Waals surface area contributed by atoms with Crippen LogP contribution < -0.4 is 10.9 Å². The van der Waals surface area contributed by atoms with Crippen LogP contribution in [0.1, 0.15) is 44.2 Å². The molecule has 0 unspecified atom stereocenters. The Morgan fingerprint density at radius 2 is 1.83 bits per heavy atom. The summed E-state index contributed by atoms with van der Waals surface area (Å²) in [5.41, 5.74) is 1.61. The van der Waals surface area contributed by atoms with E-state index < -0.39 is 0 Å².